The first-order valence-electron chi connectivity index (χ1n) is 8.82. The van der Waals surface area contributed by atoms with E-state index in [4.69, 9.17) is 43.3 Å². The van der Waals surface area contributed by atoms with Crippen LogP contribution in [0.2, 0.25) is 10.0 Å². The summed E-state index contributed by atoms with van der Waals surface area (Å²) < 4.78 is 8.21. The predicted octanol–water partition coefficient (Wildman–Crippen LogP) is 5.06. The van der Waals surface area contributed by atoms with E-state index in [0.29, 0.717) is 16.7 Å². The van der Waals surface area contributed by atoms with Crippen molar-refractivity contribution in [1.29, 1.82) is 0 Å². The third-order valence-corrected chi connectivity index (χ3v) is 4.65. The molecule has 29 heavy (non-hydrogen) atoms. The number of ether oxygens (including phenoxy) is 1. The summed E-state index contributed by atoms with van der Waals surface area (Å²) in [4.78, 5) is 12.5. The minimum atomic E-state index is -1.50. The van der Waals surface area contributed by atoms with Crippen LogP contribution < -0.4 is 0 Å². The molecule has 0 aliphatic carbocycles. The van der Waals surface area contributed by atoms with Crippen LogP contribution >= 0.6 is 23.2 Å². The highest BCUT2D eigenvalue weighted by Crippen LogP contribution is 2.22. The largest absolute Gasteiger partial charge is 0.372 e. The summed E-state index contributed by atoms with van der Waals surface area (Å²) >= 11 is 12.2. The molecule has 0 spiro atoms. The van der Waals surface area contributed by atoms with Gasteiger partial charge in [0.25, 0.3) is 5.09 Å². The summed E-state index contributed by atoms with van der Waals surface area (Å²) in [6, 6.07) is 15.9. The maximum absolute atomic E-state index is 8.36. The van der Waals surface area contributed by atoms with Crippen LogP contribution in [0, 0.1) is 10.1 Å². The third kappa shape index (κ3) is 8.95. The molecule has 0 bridgehead atoms. The quantitative estimate of drug-likeness (QED) is 0.392. The van der Waals surface area contributed by atoms with Gasteiger partial charge in [0.15, 0.2) is 0 Å². The van der Waals surface area contributed by atoms with Crippen LogP contribution in [0.1, 0.15) is 17.5 Å². The first kappa shape index (κ1) is 22.7. The Kier molecular flexibility index (Phi) is 9.43. The molecule has 3 rings (SSSR count). The van der Waals surface area contributed by atoms with Crippen LogP contribution in [-0.4, -0.2) is 25.9 Å². The molecule has 3 aromatic rings. The summed E-state index contributed by atoms with van der Waals surface area (Å²) in [5.41, 5.74) is 2.26. The van der Waals surface area contributed by atoms with Gasteiger partial charge in [0.2, 0.25) is 0 Å². The molecule has 0 saturated heterocycles. The number of halogens is 2. The molecule has 0 amide bonds. The Bertz CT molecular complexity index is 873. The van der Waals surface area contributed by atoms with Crippen molar-refractivity contribution >= 4 is 23.2 Å². The highest BCUT2D eigenvalue weighted by Gasteiger charge is 2.12. The zero-order chi connectivity index (χ0) is 21.1. The molecule has 0 radical (unpaired) electrons. The Morgan fingerprint density at radius 3 is 2.55 bits per heavy atom. The Morgan fingerprint density at radius 1 is 1.21 bits per heavy atom. The van der Waals surface area contributed by atoms with Crippen molar-refractivity contribution in [1.82, 2.24) is 9.55 Å². The van der Waals surface area contributed by atoms with Gasteiger partial charge in [-0.25, -0.2) is 4.98 Å². The minimum Gasteiger partial charge on any atom is -0.372 e. The van der Waals surface area contributed by atoms with Gasteiger partial charge in [-0.3, -0.25) is 0 Å². The van der Waals surface area contributed by atoms with Crippen molar-refractivity contribution < 1.29 is 15.0 Å². The number of imidazole rings is 1. The molecule has 2 aromatic carbocycles. The molecule has 0 aliphatic rings. The lowest BCUT2D eigenvalue weighted by molar-refractivity contribution is -0.742. The zero-order valence-electron chi connectivity index (χ0n) is 15.5. The fourth-order valence-corrected chi connectivity index (χ4v) is 3.14. The molecule has 1 N–H and O–H groups in total. The molecule has 0 saturated carbocycles. The summed E-state index contributed by atoms with van der Waals surface area (Å²) in [7, 11) is 0. The van der Waals surface area contributed by atoms with Crippen LogP contribution in [0.15, 0.2) is 67.3 Å². The smallest absolute Gasteiger partial charge is 0.291 e. The number of aromatic nitrogens is 2. The molecule has 0 aliphatic heterocycles. The SMILES string of the molecule is Clc1ccc(COC(CCc2ccccc2)Cn2ccnc2)c(Cl)c1.O=[N+]([O-])O. The van der Waals surface area contributed by atoms with Crippen molar-refractivity contribution in [3.05, 3.63) is 98.5 Å². The lowest BCUT2D eigenvalue weighted by atomic mass is 10.1. The number of hydrogen-bond donors (Lipinski definition) is 1. The average molecular weight is 438 g/mol. The van der Waals surface area contributed by atoms with E-state index in [1.54, 1.807) is 12.3 Å². The third-order valence-electron chi connectivity index (χ3n) is 4.06. The van der Waals surface area contributed by atoms with E-state index in [0.717, 1.165) is 24.9 Å². The van der Waals surface area contributed by atoms with Crippen LogP contribution in [-0.2, 0) is 24.3 Å². The van der Waals surface area contributed by atoms with Crippen LogP contribution in [0.4, 0.5) is 0 Å². The van der Waals surface area contributed by atoms with Crippen molar-refractivity contribution in [2.75, 3.05) is 0 Å². The maximum Gasteiger partial charge on any atom is 0.291 e. The Labute approximate surface area is 178 Å². The van der Waals surface area contributed by atoms with E-state index in [1.807, 2.05) is 35.3 Å². The van der Waals surface area contributed by atoms with Gasteiger partial charge in [0.05, 0.1) is 19.0 Å². The molecule has 154 valence electrons. The van der Waals surface area contributed by atoms with Gasteiger partial charge in [-0.1, -0.05) is 59.6 Å². The Hall–Kier alpha value is -2.61. The second kappa shape index (κ2) is 12.1. The van der Waals surface area contributed by atoms with E-state index >= 15 is 0 Å². The number of aryl methyl sites for hydroxylation is 1. The molecule has 1 atom stereocenters. The monoisotopic (exact) mass is 437 g/mol. The van der Waals surface area contributed by atoms with Crippen LogP contribution in [0.25, 0.3) is 0 Å². The van der Waals surface area contributed by atoms with E-state index in [9.17, 15) is 0 Å². The van der Waals surface area contributed by atoms with E-state index in [2.05, 4.69) is 29.2 Å². The molecular weight excluding hydrogens is 417 g/mol. The van der Waals surface area contributed by atoms with Gasteiger partial charge in [0, 0.05) is 29.0 Å². The molecule has 9 heteroatoms. The summed E-state index contributed by atoms with van der Waals surface area (Å²) in [6.45, 7) is 1.22. The highest BCUT2D eigenvalue weighted by molar-refractivity contribution is 6.35. The van der Waals surface area contributed by atoms with Gasteiger partial charge in [-0.05, 0) is 36.1 Å². The van der Waals surface area contributed by atoms with Gasteiger partial charge in [-0.15, -0.1) is 10.1 Å². The molecule has 0 fully saturated rings. The molecular formula is C20H21Cl2N3O4. The Morgan fingerprint density at radius 2 is 1.93 bits per heavy atom. The van der Waals surface area contributed by atoms with Crippen molar-refractivity contribution in [2.45, 2.75) is 32.1 Å². The summed E-state index contributed by atoms with van der Waals surface area (Å²) in [6.07, 6.45) is 7.51. The number of hydrogen-bond acceptors (Lipinski definition) is 4. The van der Waals surface area contributed by atoms with Crippen molar-refractivity contribution in [2.24, 2.45) is 0 Å². The number of nitrogens with zero attached hydrogens (tertiary/aromatic N) is 3. The Balaban J connectivity index is 0.000000687. The van der Waals surface area contributed by atoms with Crippen molar-refractivity contribution in [3.63, 3.8) is 0 Å². The highest BCUT2D eigenvalue weighted by atomic mass is 35.5. The lowest BCUT2D eigenvalue weighted by Crippen LogP contribution is -2.20. The molecule has 1 heterocycles. The first-order chi connectivity index (χ1) is 13.9. The summed E-state index contributed by atoms with van der Waals surface area (Å²) in [5, 5.41) is 14.9. The normalized spacial score (nSPS) is 11.4. The molecule has 1 unspecified atom stereocenters. The van der Waals surface area contributed by atoms with Crippen LogP contribution in [0.5, 0.6) is 0 Å². The summed E-state index contributed by atoms with van der Waals surface area (Å²) in [5.74, 6) is 0. The lowest BCUT2D eigenvalue weighted by Gasteiger charge is -2.19. The predicted molar refractivity (Wildman–Crippen MR) is 111 cm³/mol. The standard InChI is InChI=1S/C20H20Cl2N2O.HNO3/c21-18-8-7-17(20(22)12-18)14-25-19(13-24-11-10-23-15-24)9-6-16-4-2-1-3-5-16;2-1(3)4/h1-5,7-8,10-12,15,19H,6,9,13-14H2;(H,2,3,4). The topological polar surface area (TPSA) is 90.4 Å². The molecule has 7 nitrogen and oxygen atoms in total. The van der Waals surface area contributed by atoms with E-state index in [-0.39, 0.29) is 6.10 Å². The van der Waals surface area contributed by atoms with Gasteiger partial charge >= 0.3 is 0 Å². The van der Waals surface area contributed by atoms with Crippen LogP contribution in [0.3, 0.4) is 0 Å². The second-order valence-corrected chi connectivity index (χ2v) is 7.03. The fourth-order valence-electron chi connectivity index (χ4n) is 2.68. The van der Waals surface area contributed by atoms with Gasteiger partial charge in [-0.2, -0.15) is 0 Å². The number of benzene rings is 2. The van der Waals surface area contributed by atoms with Gasteiger partial charge in [0.1, 0.15) is 0 Å². The maximum atomic E-state index is 8.36. The zero-order valence-corrected chi connectivity index (χ0v) is 17.0. The first-order valence-corrected chi connectivity index (χ1v) is 9.58. The van der Waals surface area contributed by atoms with E-state index < -0.39 is 5.09 Å². The van der Waals surface area contributed by atoms with E-state index in [1.165, 1.54) is 5.56 Å². The average Bonchev–Trinajstić information content (AvgIpc) is 3.18. The number of rotatable bonds is 8. The molecule has 1 aromatic heterocycles. The van der Waals surface area contributed by atoms with Gasteiger partial charge < -0.3 is 14.5 Å². The second-order valence-electron chi connectivity index (χ2n) is 6.19. The fraction of sp³-hybridized carbons (Fsp3) is 0.250. The minimum absolute atomic E-state index is 0.0705. The van der Waals surface area contributed by atoms with Crippen molar-refractivity contribution in [3.8, 4) is 0 Å².